The molecule has 0 atom stereocenters. The molecule has 0 radical (unpaired) electrons. The number of rotatable bonds is 6. The number of aromatic nitrogens is 1. The quantitative estimate of drug-likeness (QED) is 0.459. The number of nitrogens with zero attached hydrogens (tertiary/aromatic N) is 2. The zero-order valence-electron chi connectivity index (χ0n) is 18.3. The second-order valence-corrected chi connectivity index (χ2v) is 8.38. The zero-order valence-corrected chi connectivity index (χ0v) is 18.3. The highest BCUT2D eigenvalue weighted by Crippen LogP contribution is 2.28. The van der Waals surface area contributed by atoms with Crippen molar-refractivity contribution >= 4 is 10.8 Å². The highest BCUT2D eigenvalue weighted by molar-refractivity contribution is 5.87. The summed E-state index contributed by atoms with van der Waals surface area (Å²) in [7, 11) is 0. The Balaban J connectivity index is 1.51. The Bertz CT molecular complexity index is 1320. The Kier molecular flexibility index (Phi) is 5.75. The maximum absolute atomic E-state index is 13.5. The largest absolute Gasteiger partial charge is 0.508 e. The van der Waals surface area contributed by atoms with E-state index in [-0.39, 0.29) is 17.1 Å². The minimum atomic E-state index is -0.228. The summed E-state index contributed by atoms with van der Waals surface area (Å²) in [6.07, 6.45) is 2.52. The van der Waals surface area contributed by atoms with Crippen molar-refractivity contribution in [2.45, 2.75) is 12.8 Å². The van der Waals surface area contributed by atoms with Gasteiger partial charge < -0.3 is 14.9 Å². The standard InChI is InChI=1S/C27H26N2O4/c30-22-8-3-19(4-9-22)26-17-20-5-10-23(31)18-25(20)27(32)29(26)21-6-11-24(12-7-21)33-16-15-28-13-1-2-14-28/h3-12,17-18,30-31H,1-2,13-16H2. The van der Waals surface area contributed by atoms with Crippen LogP contribution in [0.5, 0.6) is 17.2 Å². The molecule has 1 aliphatic rings. The maximum Gasteiger partial charge on any atom is 0.263 e. The lowest BCUT2D eigenvalue weighted by atomic mass is 10.1. The molecular weight excluding hydrogens is 416 g/mol. The molecule has 0 amide bonds. The summed E-state index contributed by atoms with van der Waals surface area (Å²) in [4.78, 5) is 15.9. The monoisotopic (exact) mass is 442 g/mol. The molecule has 33 heavy (non-hydrogen) atoms. The van der Waals surface area contributed by atoms with E-state index in [1.165, 1.54) is 18.9 Å². The number of ether oxygens (including phenoxy) is 1. The maximum atomic E-state index is 13.5. The molecule has 2 N–H and O–H groups in total. The van der Waals surface area contributed by atoms with E-state index >= 15 is 0 Å². The van der Waals surface area contributed by atoms with Crippen LogP contribution >= 0.6 is 0 Å². The molecule has 1 saturated heterocycles. The van der Waals surface area contributed by atoms with Crippen LogP contribution in [0.15, 0.2) is 77.6 Å². The highest BCUT2D eigenvalue weighted by Gasteiger charge is 2.14. The van der Waals surface area contributed by atoms with Crippen molar-refractivity contribution in [2.24, 2.45) is 0 Å². The van der Waals surface area contributed by atoms with Crippen molar-refractivity contribution in [1.82, 2.24) is 9.47 Å². The van der Waals surface area contributed by atoms with Crippen LogP contribution in [0, 0.1) is 0 Å². The van der Waals surface area contributed by atoms with Gasteiger partial charge in [-0.15, -0.1) is 0 Å². The van der Waals surface area contributed by atoms with E-state index in [2.05, 4.69) is 4.90 Å². The van der Waals surface area contributed by atoms with Gasteiger partial charge in [0.15, 0.2) is 0 Å². The molecule has 6 heteroatoms. The first-order chi connectivity index (χ1) is 16.1. The number of phenols is 2. The number of fused-ring (bicyclic) bond motifs is 1. The number of aromatic hydroxyl groups is 2. The van der Waals surface area contributed by atoms with E-state index in [0.717, 1.165) is 36.3 Å². The smallest absolute Gasteiger partial charge is 0.263 e. The van der Waals surface area contributed by atoms with Crippen LogP contribution < -0.4 is 10.3 Å². The van der Waals surface area contributed by atoms with Crippen molar-refractivity contribution < 1.29 is 14.9 Å². The number of benzene rings is 3. The van der Waals surface area contributed by atoms with Crippen molar-refractivity contribution in [3.63, 3.8) is 0 Å². The molecule has 2 heterocycles. The normalized spacial score (nSPS) is 14.1. The molecule has 0 unspecified atom stereocenters. The molecule has 1 aliphatic heterocycles. The van der Waals surface area contributed by atoms with Gasteiger partial charge in [0.1, 0.15) is 23.9 Å². The fraction of sp³-hybridized carbons (Fsp3) is 0.222. The first-order valence-electron chi connectivity index (χ1n) is 11.2. The van der Waals surface area contributed by atoms with Crippen LogP contribution in [0.4, 0.5) is 0 Å². The van der Waals surface area contributed by atoms with Gasteiger partial charge in [-0.05, 0) is 104 Å². The van der Waals surface area contributed by atoms with Gasteiger partial charge in [-0.25, -0.2) is 0 Å². The van der Waals surface area contributed by atoms with Crippen molar-refractivity contribution in [2.75, 3.05) is 26.2 Å². The Morgan fingerprint density at radius 1 is 0.818 bits per heavy atom. The number of hydrogen-bond donors (Lipinski definition) is 2. The fourth-order valence-corrected chi connectivity index (χ4v) is 4.39. The third-order valence-electron chi connectivity index (χ3n) is 6.14. The van der Waals surface area contributed by atoms with Crippen LogP contribution in [0.2, 0.25) is 0 Å². The van der Waals surface area contributed by atoms with Gasteiger partial charge in [-0.3, -0.25) is 14.3 Å². The molecule has 4 aromatic rings. The second-order valence-electron chi connectivity index (χ2n) is 8.38. The average molecular weight is 443 g/mol. The molecule has 6 nitrogen and oxygen atoms in total. The second kappa shape index (κ2) is 9.00. The van der Waals surface area contributed by atoms with E-state index in [0.29, 0.717) is 23.4 Å². The van der Waals surface area contributed by atoms with Crippen molar-refractivity contribution in [3.8, 4) is 34.2 Å². The molecular formula is C27H26N2O4. The van der Waals surface area contributed by atoms with E-state index in [4.69, 9.17) is 4.74 Å². The van der Waals surface area contributed by atoms with Gasteiger partial charge in [0.05, 0.1) is 11.1 Å². The molecule has 168 valence electrons. The van der Waals surface area contributed by atoms with Crippen molar-refractivity contribution in [1.29, 1.82) is 0 Å². The number of hydrogen-bond acceptors (Lipinski definition) is 5. The molecule has 0 aliphatic carbocycles. The first-order valence-corrected chi connectivity index (χ1v) is 11.2. The Labute approximate surface area is 191 Å². The topological polar surface area (TPSA) is 74.9 Å². The average Bonchev–Trinajstić information content (AvgIpc) is 3.34. The van der Waals surface area contributed by atoms with Gasteiger partial charge in [0.2, 0.25) is 0 Å². The van der Waals surface area contributed by atoms with Gasteiger partial charge in [-0.1, -0.05) is 6.07 Å². The predicted molar refractivity (Wildman–Crippen MR) is 129 cm³/mol. The Hall–Kier alpha value is -3.77. The van der Waals surface area contributed by atoms with E-state index in [9.17, 15) is 15.0 Å². The van der Waals surface area contributed by atoms with Crippen LogP contribution in [0.1, 0.15) is 12.8 Å². The van der Waals surface area contributed by atoms with Gasteiger partial charge in [0.25, 0.3) is 5.56 Å². The summed E-state index contributed by atoms with van der Waals surface area (Å²) < 4.78 is 7.54. The molecule has 0 saturated carbocycles. The van der Waals surface area contributed by atoms with Crippen LogP contribution in [0.3, 0.4) is 0 Å². The molecule has 0 spiro atoms. The minimum absolute atomic E-state index is 0.0466. The number of likely N-dealkylation sites (tertiary alicyclic amines) is 1. The van der Waals surface area contributed by atoms with Gasteiger partial charge in [0, 0.05) is 12.2 Å². The summed E-state index contributed by atoms with van der Waals surface area (Å²) in [5, 5.41) is 20.8. The lowest BCUT2D eigenvalue weighted by Crippen LogP contribution is -2.25. The third-order valence-corrected chi connectivity index (χ3v) is 6.14. The molecule has 1 aromatic heterocycles. The Morgan fingerprint density at radius 3 is 2.24 bits per heavy atom. The lowest BCUT2D eigenvalue weighted by molar-refractivity contribution is 0.238. The highest BCUT2D eigenvalue weighted by atomic mass is 16.5. The summed E-state index contributed by atoms with van der Waals surface area (Å²) in [6, 6.07) is 21.0. The molecule has 1 fully saturated rings. The van der Waals surface area contributed by atoms with E-state index in [1.54, 1.807) is 41.0 Å². The lowest BCUT2D eigenvalue weighted by Gasteiger charge is -2.17. The van der Waals surface area contributed by atoms with Crippen LogP contribution in [-0.2, 0) is 0 Å². The molecule has 3 aromatic carbocycles. The van der Waals surface area contributed by atoms with Crippen LogP contribution in [0.25, 0.3) is 27.7 Å². The summed E-state index contributed by atoms with van der Waals surface area (Å²) in [6.45, 7) is 3.83. The van der Waals surface area contributed by atoms with E-state index in [1.807, 2.05) is 30.3 Å². The molecule has 5 rings (SSSR count). The summed E-state index contributed by atoms with van der Waals surface area (Å²) in [5.41, 5.74) is 1.96. The van der Waals surface area contributed by atoms with Gasteiger partial charge >= 0.3 is 0 Å². The minimum Gasteiger partial charge on any atom is -0.508 e. The predicted octanol–water partition coefficient (Wildman–Crippen LogP) is 4.54. The first kappa shape index (κ1) is 21.1. The third kappa shape index (κ3) is 4.43. The number of pyridine rings is 1. The zero-order chi connectivity index (χ0) is 22.8. The van der Waals surface area contributed by atoms with E-state index < -0.39 is 0 Å². The molecule has 0 bridgehead atoms. The van der Waals surface area contributed by atoms with Crippen LogP contribution in [-0.4, -0.2) is 45.9 Å². The Morgan fingerprint density at radius 2 is 1.52 bits per heavy atom. The number of phenolic OH excluding ortho intramolecular Hbond substituents is 2. The summed E-state index contributed by atoms with van der Waals surface area (Å²) in [5.74, 6) is 0.967. The van der Waals surface area contributed by atoms with Crippen molar-refractivity contribution in [3.05, 3.63) is 83.2 Å². The summed E-state index contributed by atoms with van der Waals surface area (Å²) >= 11 is 0. The SMILES string of the molecule is O=c1c2cc(O)ccc2cc(-c2ccc(O)cc2)n1-c1ccc(OCCN2CCCC2)cc1. The fourth-order valence-electron chi connectivity index (χ4n) is 4.39. The van der Waals surface area contributed by atoms with Gasteiger partial charge in [-0.2, -0.15) is 0 Å².